The summed E-state index contributed by atoms with van der Waals surface area (Å²) in [5, 5.41) is 3.97. The lowest BCUT2D eigenvalue weighted by atomic mass is 9.99. The molecule has 1 unspecified atom stereocenters. The highest BCUT2D eigenvalue weighted by Crippen LogP contribution is 2.31. The minimum atomic E-state index is -3.27. The van der Waals surface area contributed by atoms with Crippen LogP contribution in [0, 0.1) is 12.8 Å². The lowest BCUT2D eigenvalue weighted by Gasteiger charge is -2.29. The van der Waals surface area contributed by atoms with Crippen molar-refractivity contribution in [3.63, 3.8) is 0 Å². The molecule has 0 radical (unpaired) electrons. The molecule has 0 saturated carbocycles. The van der Waals surface area contributed by atoms with Crippen molar-refractivity contribution in [2.75, 3.05) is 24.7 Å². The van der Waals surface area contributed by atoms with Gasteiger partial charge >= 0.3 is 0 Å². The van der Waals surface area contributed by atoms with Crippen LogP contribution in [-0.4, -0.2) is 43.0 Å². The van der Waals surface area contributed by atoms with Crippen LogP contribution in [0.25, 0.3) is 10.2 Å². The van der Waals surface area contributed by atoms with Crippen molar-refractivity contribution in [1.82, 2.24) is 9.29 Å². The first-order valence-corrected chi connectivity index (χ1v) is 10.6. The molecule has 2 aromatic rings. The molecule has 1 aliphatic rings. The molecule has 1 aromatic carbocycles. The van der Waals surface area contributed by atoms with E-state index in [0.29, 0.717) is 29.5 Å². The first-order chi connectivity index (χ1) is 11.2. The molecule has 1 atom stereocenters. The maximum atomic E-state index is 12.5. The molecule has 1 saturated heterocycles. The number of carbonyl (C=O) groups excluding carboxylic acids is 1. The molecule has 1 amide bonds. The number of rotatable bonds is 3. The molecule has 0 spiro atoms. The number of thiazole rings is 1. The van der Waals surface area contributed by atoms with Gasteiger partial charge in [0.05, 0.1) is 22.4 Å². The number of benzene rings is 1. The molecule has 1 N–H and O–H groups in total. The maximum absolute atomic E-state index is 12.5. The van der Waals surface area contributed by atoms with Crippen LogP contribution >= 0.6 is 22.9 Å². The summed E-state index contributed by atoms with van der Waals surface area (Å²) in [6.45, 7) is 2.62. The third kappa shape index (κ3) is 3.72. The smallest absolute Gasteiger partial charge is 0.230 e. The van der Waals surface area contributed by atoms with E-state index < -0.39 is 10.0 Å². The van der Waals surface area contributed by atoms with Crippen LogP contribution in [0.3, 0.4) is 0 Å². The monoisotopic (exact) mass is 387 g/mol. The van der Waals surface area contributed by atoms with E-state index in [0.717, 1.165) is 15.8 Å². The van der Waals surface area contributed by atoms with Crippen LogP contribution in [0.4, 0.5) is 5.13 Å². The third-order valence-electron chi connectivity index (χ3n) is 4.10. The van der Waals surface area contributed by atoms with Gasteiger partial charge in [-0.05, 0) is 37.5 Å². The predicted octanol–water partition coefficient (Wildman–Crippen LogP) is 2.87. The summed E-state index contributed by atoms with van der Waals surface area (Å²) in [6, 6.07) is 3.66. The van der Waals surface area contributed by atoms with E-state index in [2.05, 4.69) is 10.3 Å². The standard InChI is InChI=1S/C15H18ClN3O3S2/c1-9-6-11(16)7-12-13(9)17-15(23-12)18-14(20)10-4-3-5-19(8-10)24(2,21)22/h6-7,10H,3-5,8H2,1-2H3,(H,17,18,20). The number of carbonyl (C=O) groups is 1. The molecule has 0 bridgehead atoms. The molecule has 6 nitrogen and oxygen atoms in total. The number of anilines is 1. The van der Waals surface area contributed by atoms with Crippen molar-refractivity contribution >= 4 is 54.2 Å². The Balaban J connectivity index is 1.76. The number of aromatic nitrogens is 1. The summed E-state index contributed by atoms with van der Waals surface area (Å²) in [7, 11) is -3.27. The van der Waals surface area contributed by atoms with Crippen LogP contribution in [-0.2, 0) is 14.8 Å². The van der Waals surface area contributed by atoms with E-state index in [9.17, 15) is 13.2 Å². The van der Waals surface area contributed by atoms with Gasteiger partial charge in [0.1, 0.15) is 0 Å². The lowest BCUT2D eigenvalue weighted by molar-refractivity contribution is -0.120. The van der Waals surface area contributed by atoms with Gasteiger partial charge in [0, 0.05) is 18.1 Å². The van der Waals surface area contributed by atoms with Crippen molar-refractivity contribution < 1.29 is 13.2 Å². The van der Waals surface area contributed by atoms with Crippen LogP contribution in [0.5, 0.6) is 0 Å². The van der Waals surface area contributed by atoms with E-state index in [1.807, 2.05) is 19.1 Å². The largest absolute Gasteiger partial charge is 0.302 e. The Morgan fingerprint density at radius 2 is 2.21 bits per heavy atom. The fourth-order valence-electron chi connectivity index (χ4n) is 2.87. The van der Waals surface area contributed by atoms with Crippen LogP contribution in [0.1, 0.15) is 18.4 Å². The summed E-state index contributed by atoms with van der Waals surface area (Å²) in [6.07, 6.45) is 2.53. The fourth-order valence-corrected chi connectivity index (χ4v) is 5.11. The number of fused-ring (bicyclic) bond motifs is 1. The molecule has 0 aliphatic carbocycles. The second kappa shape index (κ2) is 6.59. The number of amides is 1. The highest BCUT2D eigenvalue weighted by Gasteiger charge is 2.30. The van der Waals surface area contributed by atoms with Gasteiger partial charge in [0.2, 0.25) is 15.9 Å². The predicted molar refractivity (Wildman–Crippen MR) is 97.1 cm³/mol. The van der Waals surface area contributed by atoms with Gasteiger partial charge in [0.25, 0.3) is 0 Å². The quantitative estimate of drug-likeness (QED) is 0.878. The lowest BCUT2D eigenvalue weighted by Crippen LogP contribution is -2.43. The number of halogens is 1. The molecule has 9 heteroatoms. The molecule has 1 fully saturated rings. The normalized spacial score (nSPS) is 19.5. The van der Waals surface area contributed by atoms with Gasteiger partial charge in [-0.1, -0.05) is 22.9 Å². The van der Waals surface area contributed by atoms with E-state index >= 15 is 0 Å². The van der Waals surface area contributed by atoms with Gasteiger partial charge in [-0.2, -0.15) is 0 Å². The Bertz CT molecular complexity index is 895. The molecule has 3 rings (SSSR count). The highest BCUT2D eigenvalue weighted by atomic mass is 35.5. The average molecular weight is 388 g/mol. The summed E-state index contributed by atoms with van der Waals surface area (Å²) in [5.74, 6) is -0.545. The zero-order valence-electron chi connectivity index (χ0n) is 13.4. The third-order valence-corrected chi connectivity index (χ3v) is 6.51. The maximum Gasteiger partial charge on any atom is 0.230 e. The number of hydrogen-bond acceptors (Lipinski definition) is 5. The van der Waals surface area contributed by atoms with E-state index in [-0.39, 0.29) is 18.4 Å². The Morgan fingerprint density at radius 1 is 1.46 bits per heavy atom. The molecular weight excluding hydrogens is 370 g/mol. The second-order valence-corrected chi connectivity index (χ2v) is 9.49. The number of aryl methyl sites for hydroxylation is 1. The fraction of sp³-hybridized carbons (Fsp3) is 0.467. The first-order valence-electron chi connectivity index (χ1n) is 7.57. The Morgan fingerprint density at radius 3 is 2.92 bits per heavy atom. The minimum absolute atomic E-state index is 0.189. The number of hydrogen-bond donors (Lipinski definition) is 1. The van der Waals surface area contributed by atoms with Gasteiger partial charge in [-0.25, -0.2) is 17.7 Å². The van der Waals surface area contributed by atoms with Crippen LogP contribution in [0.2, 0.25) is 5.02 Å². The van der Waals surface area contributed by atoms with Gasteiger partial charge in [0.15, 0.2) is 5.13 Å². The van der Waals surface area contributed by atoms with Gasteiger partial charge in [-0.15, -0.1) is 0 Å². The number of sulfonamides is 1. The van der Waals surface area contributed by atoms with Crippen molar-refractivity contribution in [1.29, 1.82) is 0 Å². The van der Waals surface area contributed by atoms with E-state index in [1.165, 1.54) is 21.9 Å². The molecule has 1 aromatic heterocycles. The van der Waals surface area contributed by atoms with Crippen molar-refractivity contribution in [2.45, 2.75) is 19.8 Å². The van der Waals surface area contributed by atoms with E-state index in [4.69, 9.17) is 11.6 Å². The average Bonchev–Trinajstić information content (AvgIpc) is 2.89. The summed E-state index contributed by atoms with van der Waals surface area (Å²) in [4.78, 5) is 16.9. The van der Waals surface area contributed by atoms with E-state index in [1.54, 1.807) is 0 Å². The summed E-state index contributed by atoms with van der Waals surface area (Å²) in [5.41, 5.74) is 1.77. The highest BCUT2D eigenvalue weighted by molar-refractivity contribution is 7.88. The zero-order chi connectivity index (χ0) is 17.5. The molecule has 130 valence electrons. The molecule has 2 heterocycles. The van der Waals surface area contributed by atoms with Crippen LogP contribution in [0.15, 0.2) is 12.1 Å². The Labute approximate surface area is 149 Å². The topological polar surface area (TPSA) is 79.4 Å². The van der Waals surface area contributed by atoms with Crippen molar-refractivity contribution in [2.24, 2.45) is 5.92 Å². The Kier molecular flexibility index (Phi) is 4.83. The number of nitrogens with zero attached hydrogens (tertiary/aromatic N) is 2. The summed E-state index contributed by atoms with van der Waals surface area (Å²) >= 11 is 7.41. The zero-order valence-corrected chi connectivity index (χ0v) is 15.8. The minimum Gasteiger partial charge on any atom is -0.302 e. The van der Waals surface area contributed by atoms with Crippen molar-refractivity contribution in [3.8, 4) is 0 Å². The molecular formula is C15H18ClN3O3S2. The second-order valence-electron chi connectivity index (χ2n) is 6.04. The van der Waals surface area contributed by atoms with Crippen LogP contribution < -0.4 is 5.32 Å². The Hall–Kier alpha value is -1.22. The SMILES string of the molecule is Cc1cc(Cl)cc2sc(NC(=O)C3CCCN(S(C)(=O)=O)C3)nc12. The number of nitrogens with one attached hydrogen (secondary N) is 1. The summed E-state index contributed by atoms with van der Waals surface area (Å²) < 4.78 is 25.6. The first kappa shape index (κ1) is 17.6. The number of piperidine rings is 1. The molecule has 24 heavy (non-hydrogen) atoms. The van der Waals surface area contributed by atoms with Gasteiger partial charge in [-0.3, -0.25) is 4.79 Å². The van der Waals surface area contributed by atoms with Gasteiger partial charge < -0.3 is 5.32 Å². The van der Waals surface area contributed by atoms with Crippen molar-refractivity contribution in [3.05, 3.63) is 22.7 Å². The molecule has 1 aliphatic heterocycles.